The highest BCUT2D eigenvalue weighted by atomic mass is 17.2. The summed E-state index contributed by atoms with van der Waals surface area (Å²) in [7, 11) is 0. The van der Waals surface area contributed by atoms with Crippen molar-refractivity contribution in [1.29, 1.82) is 0 Å². The third-order valence-electron chi connectivity index (χ3n) is 6.24. The molecule has 1 saturated carbocycles. The van der Waals surface area contributed by atoms with Crippen LogP contribution in [0.5, 0.6) is 0 Å². The number of rotatable bonds is 6. The first-order chi connectivity index (χ1) is 13.6. The van der Waals surface area contributed by atoms with Gasteiger partial charge < -0.3 is 0 Å². The summed E-state index contributed by atoms with van der Waals surface area (Å²) >= 11 is 0. The molecule has 3 atom stereocenters. The number of carbonyl (C=O) groups is 2. The molecule has 0 aromatic heterocycles. The van der Waals surface area contributed by atoms with E-state index in [0.29, 0.717) is 29.0 Å². The van der Waals surface area contributed by atoms with Crippen molar-refractivity contribution in [2.24, 2.45) is 17.8 Å². The molecule has 29 heavy (non-hydrogen) atoms. The molecule has 2 aliphatic rings. The van der Waals surface area contributed by atoms with E-state index in [2.05, 4.69) is 20.8 Å². The molecule has 1 aliphatic heterocycles. The van der Waals surface area contributed by atoms with Crippen LogP contribution >= 0.6 is 0 Å². The van der Waals surface area contributed by atoms with Crippen LogP contribution in [0, 0.1) is 17.8 Å². The van der Waals surface area contributed by atoms with Crippen LogP contribution in [0.2, 0.25) is 0 Å². The Morgan fingerprint density at radius 2 is 1.90 bits per heavy atom. The lowest BCUT2D eigenvalue weighted by atomic mass is 9.75. The van der Waals surface area contributed by atoms with E-state index in [0.717, 1.165) is 18.4 Å². The summed E-state index contributed by atoms with van der Waals surface area (Å²) < 4.78 is 0. The van der Waals surface area contributed by atoms with Gasteiger partial charge in [0.25, 0.3) is 11.8 Å². The monoisotopic (exact) mass is 399 g/mol. The highest BCUT2D eigenvalue weighted by Gasteiger charge is 2.35. The summed E-state index contributed by atoms with van der Waals surface area (Å²) in [6.07, 6.45) is 4.85. The maximum Gasteiger partial charge on any atom is 0.261 e. The highest BCUT2D eigenvalue weighted by molar-refractivity contribution is 6.30. The lowest BCUT2D eigenvalue weighted by Crippen LogP contribution is -2.36. The molecule has 5 nitrogen and oxygen atoms in total. The van der Waals surface area contributed by atoms with Crippen LogP contribution in [0.3, 0.4) is 0 Å². The van der Waals surface area contributed by atoms with E-state index >= 15 is 0 Å². The van der Waals surface area contributed by atoms with E-state index in [-0.39, 0.29) is 17.9 Å². The molecule has 2 amide bonds. The first kappa shape index (κ1) is 21.7. The average Bonchev–Trinajstić information content (AvgIpc) is 2.92. The van der Waals surface area contributed by atoms with Crippen molar-refractivity contribution in [3.05, 3.63) is 41.5 Å². The number of hydrogen-bond donors (Lipinski definition) is 0. The van der Waals surface area contributed by atoms with Crippen molar-refractivity contribution in [3.8, 4) is 0 Å². The SMILES string of the molecule is CC1=CC(=O)N(c2cccc(C(C)(C)OOC3CC(C)CCC3C(C)C)c2)C1=O. The second kappa shape index (κ2) is 8.41. The van der Waals surface area contributed by atoms with Gasteiger partial charge >= 0.3 is 0 Å². The average molecular weight is 400 g/mol. The molecule has 0 bridgehead atoms. The molecule has 0 N–H and O–H groups in total. The zero-order chi connectivity index (χ0) is 21.3. The molecule has 1 aromatic carbocycles. The zero-order valence-corrected chi connectivity index (χ0v) is 18.4. The summed E-state index contributed by atoms with van der Waals surface area (Å²) in [5.74, 6) is 1.08. The molecule has 1 aromatic rings. The molecule has 3 unspecified atom stereocenters. The largest absolute Gasteiger partial charge is 0.269 e. The van der Waals surface area contributed by atoms with Gasteiger partial charge in [0.1, 0.15) is 5.60 Å². The highest BCUT2D eigenvalue weighted by Crippen LogP contribution is 2.37. The Kier molecular flexibility index (Phi) is 6.30. The molecule has 3 rings (SSSR count). The molecule has 5 heteroatoms. The number of hydrogen-bond acceptors (Lipinski definition) is 4. The van der Waals surface area contributed by atoms with E-state index < -0.39 is 5.60 Å². The van der Waals surface area contributed by atoms with Crippen LogP contribution in [0.15, 0.2) is 35.9 Å². The maximum atomic E-state index is 12.3. The zero-order valence-electron chi connectivity index (χ0n) is 18.4. The molecular weight excluding hydrogens is 366 g/mol. The van der Waals surface area contributed by atoms with Gasteiger partial charge in [0.15, 0.2) is 0 Å². The standard InChI is InChI=1S/C24H33NO4/c1-15(2)20-11-10-16(3)12-21(20)28-29-24(5,6)18-8-7-9-19(14-18)25-22(26)13-17(4)23(25)27/h7-9,13-16,20-21H,10-12H2,1-6H3. The van der Waals surface area contributed by atoms with Crippen molar-refractivity contribution < 1.29 is 19.4 Å². The van der Waals surface area contributed by atoms with Crippen molar-refractivity contribution in [3.63, 3.8) is 0 Å². The Labute approximate surface area is 174 Å². The summed E-state index contributed by atoms with van der Waals surface area (Å²) in [6.45, 7) is 12.3. The molecule has 1 aliphatic carbocycles. The lowest BCUT2D eigenvalue weighted by Gasteiger charge is -2.38. The normalized spacial score (nSPS) is 25.7. The van der Waals surface area contributed by atoms with E-state index in [1.807, 2.05) is 32.0 Å². The number of anilines is 1. The summed E-state index contributed by atoms with van der Waals surface area (Å²) in [5, 5.41) is 0. The van der Waals surface area contributed by atoms with Crippen molar-refractivity contribution in [2.75, 3.05) is 4.90 Å². The van der Waals surface area contributed by atoms with Gasteiger partial charge in [-0.1, -0.05) is 39.3 Å². The number of benzene rings is 1. The van der Waals surface area contributed by atoms with Crippen molar-refractivity contribution in [1.82, 2.24) is 0 Å². The van der Waals surface area contributed by atoms with Gasteiger partial charge in [-0.3, -0.25) is 9.59 Å². The number of imide groups is 1. The van der Waals surface area contributed by atoms with Crippen molar-refractivity contribution in [2.45, 2.75) is 72.5 Å². The van der Waals surface area contributed by atoms with Crippen LogP contribution < -0.4 is 4.90 Å². The van der Waals surface area contributed by atoms with E-state index in [1.165, 1.54) is 17.4 Å². The minimum absolute atomic E-state index is 0.0785. The first-order valence-corrected chi connectivity index (χ1v) is 10.6. The number of carbonyl (C=O) groups excluding carboxylic acids is 2. The quantitative estimate of drug-likeness (QED) is 0.377. The third-order valence-corrected chi connectivity index (χ3v) is 6.24. The van der Waals surface area contributed by atoms with Gasteiger partial charge in [-0.25, -0.2) is 14.7 Å². The van der Waals surface area contributed by atoms with Gasteiger partial charge in [0, 0.05) is 11.6 Å². The predicted octanol–water partition coefficient (Wildman–Crippen LogP) is 5.15. The maximum absolute atomic E-state index is 12.3. The topological polar surface area (TPSA) is 55.8 Å². The van der Waals surface area contributed by atoms with Crippen LogP contribution in [-0.4, -0.2) is 17.9 Å². The van der Waals surface area contributed by atoms with Crippen LogP contribution in [0.25, 0.3) is 0 Å². The van der Waals surface area contributed by atoms with Gasteiger partial charge in [-0.05, 0) is 69.1 Å². The fraction of sp³-hybridized carbons (Fsp3) is 0.583. The molecule has 0 saturated heterocycles. The fourth-order valence-corrected chi connectivity index (χ4v) is 4.31. The van der Waals surface area contributed by atoms with Gasteiger partial charge in [0.2, 0.25) is 0 Å². The molecule has 0 spiro atoms. The van der Waals surface area contributed by atoms with Crippen LogP contribution in [0.4, 0.5) is 5.69 Å². The Hall–Kier alpha value is -1.98. The molecule has 1 fully saturated rings. The minimum Gasteiger partial charge on any atom is -0.269 e. The molecular formula is C24H33NO4. The fourth-order valence-electron chi connectivity index (χ4n) is 4.31. The molecule has 158 valence electrons. The van der Waals surface area contributed by atoms with E-state index in [4.69, 9.17) is 9.78 Å². The summed E-state index contributed by atoms with van der Waals surface area (Å²) in [4.78, 5) is 37.7. The Balaban J connectivity index is 1.74. The van der Waals surface area contributed by atoms with Crippen molar-refractivity contribution >= 4 is 17.5 Å². The minimum atomic E-state index is -0.716. The Bertz CT molecular complexity index is 811. The van der Waals surface area contributed by atoms with E-state index in [9.17, 15) is 9.59 Å². The Morgan fingerprint density at radius 1 is 1.17 bits per heavy atom. The van der Waals surface area contributed by atoms with Crippen LogP contribution in [0.1, 0.15) is 66.4 Å². The third kappa shape index (κ3) is 4.62. The van der Waals surface area contributed by atoms with Crippen LogP contribution in [-0.2, 0) is 25.0 Å². The number of nitrogens with zero attached hydrogens (tertiary/aromatic N) is 1. The second-order valence-corrected chi connectivity index (χ2v) is 9.41. The smallest absolute Gasteiger partial charge is 0.261 e. The second-order valence-electron chi connectivity index (χ2n) is 9.41. The summed E-state index contributed by atoms with van der Waals surface area (Å²) in [6, 6.07) is 7.36. The van der Waals surface area contributed by atoms with E-state index in [1.54, 1.807) is 13.0 Å². The molecule has 0 radical (unpaired) electrons. The lowest BCUT2D eigenvalue weighted by molar-refractivity contribution is -0.394. The Morgan fingerprint density at radius 3 is 2.52 bits per heavy atom. The number of amides is 2. The summed E-state index contributed by atoms with van der Waals surface area (Å²) in [5.41, 5.74) is 1.14. The molecule has 1 heterocycles. The van der Waals surface area contributed by atoms with Gasteiger partial charge in [-0.2, -0.15) is 0 Å². The predicted molar refractivity (Wildman–Crippen MR) is 113 cm³/mol. The van der Waals surface area contributed by atoms with Gasteiger partial charge in [0.05, 0.1) is 11.8 Å². The van der Waals surface area contributed by atoms with Gasteiger partial charge in [-0.15, -0.1) is 0 Å². The first-order valence-electron chi connectivity index (χ1n) is 10.6.